The monoisotopic (exact) mass is 528 g/mol. The number of thioether (sulfide) groups is 1. The van der Waals surface area contributed by atoms with E-state index < -0.39 is 15.7 Å². The van der Waals surface area contributed by atoms with E-state index in [9.17, 15) is 13.2 Å². The largest absolute Gasteiger partial charge is 0.493 e. The molecule has 0 aromatic heterocycles. The zero-order chi connectivity index (χ0) is 26.0. The van der Waals surface area contributed by atoms with E-state index in [4.69, 9.17) is 19.6 Å². The molecule has 0 radical (unpaired) electrons. The molecule has 1 N–H and O–H groups in total. The number of aryl methyl sites for hydroxylation is 2. The van der Waals surface area contributed by atoms with Crippen molar-refractivity contribution in [3.63, 3.8) is 0 Å². The smallest absolute Gasteiger partial charge is 0.283 e. The number of carbonyl (C=O) groups is 1. The second-order valence-corrected chi connectivity index (χ2v) is 11.2. The zero-order valence-electron chi connectivity index (χ0n) is 20.1. The zero-order valence-corrected chi connectivity index (χ0v) is 21.7. The number of hydrogen-bond donors (Lipinski definition) is 1. The fraction of sp³-hybridized carbons (Fsp3) is 0.250. The van der Waals surface area contributed by atoms with Gasteiger partial charge in [-0.05, 0) is 72.6 Å². The molecule has 4 rings (SSSR count). The molecule has 0 saturated carbocycles. The van der Waals surface area contributed by atoms with Crippen LogP contribution in [0.4, 0.5) is 0 Å². The van der Waals surface area contributed by atoms with Crippen LogP contribution in [-0.2, 0) is 14.6 Å². The van der Waals surface area contributed by atoms with Crippen LogP contribution in [0.2, 0.25) is 0 Å². The topological polar surface area (TPSA) is 131 Å². The Bertz CT molecular complexity index is 1430. The highest BCUT2D eigenvalue weighted by Crippen LogP contribution is 2.32. The van der Waals surface area contributed by atoms with Gasteiger partial charge >= 0.3 is 0 Å². The second-order valence-electron chi connectivity index (χ2n) is 8.09. The summed E-state index contributed by atoms with van der Waals surface area (Å²) in [6.07, 6.45) is 2.48. The fourth-order valence-corrected chi connectivity index (χ4v) is 5.20. The Kier molecular flexibility index (Phi) is 7.18. The number of fused-ring (bicyclic) bond motifs is 1. The molecule has 0 aliphatic carbocycles. The van der Waals surface area contributed by atoms with Crippen molar-refractivity contribution in [1.82, 2.24) is 5.01 Å². The predicted molar refractivity (Wildman–Crippen MR) is 140 cm³/mol. The van der Waals surface area contributed by atoms with Gasteiger partial charge in [0.05, 0.1) is 12.7 Å². The van der Waals surface area contributed by atoms with Gasteiger partial charge in [0.15, 0.2) is 17.3 Å². The van der Waals surface area contributed by atoms with Gasteiger partial charge in [-0.2, -0.15) is 10.0 Å². The normalized spacial score (nSPS) is 16.6. The molecule has 188 valence electrons. The lowest BCUT2D eigenvalue weighted by Gasteiger charge is -2.20. The lowest BCUT2D eigenvalue weighted by Crippen LogP contribution is -2.35. The Labute approximate surface area is 213 Å². The number of nitrogens with one attached hydrogen (secondary N) is 1. The Morgan fingerprint density at radius 2 is 1.75 bits per heavy atom. The lowest BCUT2D eigenvalue weighted by molar-refractivity contribution is -0.114. The number of methoxy groups -OCH3 is 1. The van der Waals surface area contributed by atoms with E-state index >= 15 is 0 Å². The van der Waals surface area contributed by atoms with E-state index in [2.05, 4.69) is 16.2 Å². The highest BCUT2D eigenvalue weighted by atomic mass is 32.3. The van der Waals surface area contributed by atoms with E-state index in [-0.39, 0.29) is 27.6 Å². The average molecular weight is 529 g/mol. The molecule has 2 aromatic carbocycles. The molecular formula is C24H24N4O6S2. The maximum absolute atomic E-state index is 12.6. The number of sulfone groups is 1. The van der Waals surface area contributed by atoms with Crippen molar-refractivity contribution in [2.24, 2.45) is 10.1 Å². The Morgan fingerprint density at radius 1 is 1.06 bits per heavy atom. The quantitative estimate of drug-likeness (QED) is 0.427. The van der Waals surface area contributed by atoms with Gasteiger partial charge in [-0.25, -0.2) is 8.42 Å². The van der Waals surface area contributed by atoms with Crippen molar-refractivity contribution in [1.29, 1.82) is 5.41 Å². The number of benzene rings is 2. The molecule has 10 nitrogen and oxygen atoms in total. The van der Waals surface area contributed by atoms with Gasteiger partial charge in [0.1, 0.15) is 19.0 Å². The summed E-state index contributed by atoms with van der Waals surface area (Å²) >= 11 is 0.737. The van der Waals surface area contributed by atoms with Crippen molar-refractivity contribution in [3.8, 4) is 17.2 Å². The summed E-state index contributed by atoms with van der Waals surface area (Å²) in [6.45, 7) is 4.65. The Morgan fingerprint density at radius 3 is 2.42 bits per heavy atom. The molecule has 2 aromatic rings. The molecule has 2 aliphatic rings. The van der Waals surface area contributed by atoms with Gasteiger partial charge in [0.25, 0.3) is 5.91 Å². The van der Waals surface area contributed by atoms with E-state index in [1.807, 2.05) is 26.0 Å². The van der Waals surface area contributed by atoms with Crippen LogP contribution in [0.25, 0.3) is 6.08 Å². The van der Waals surface area contributed by atoms with Gasteiger partial charge in [0.2, 0.25) is 19.4 Å². The molecule has 1 amide bonds. The SMILES string of the molecule is COc1cc(/C=C2\C(=N)N3N=C(S(C)(=O)=O)SC3=NC2=O)ccc1OCCOc1cc(C)cc(C)c1. The van der Waals surface area contributed by atoms with Crippen LogP contribution in [0.5, 0.6) is 17.2 Å². The van der Waals surface area contributed by atoms with Crippen molar-refractivity contribution in [2.45, 2.75) is 13.8 Å². The maximum atomic E-state index is 12.6. The van der Waals surface area contributed by atoms with E-state index in [1.54, 1.807) is 18.2 Å². The average Bonchev–Trinajstić information content (AvgIpc) is 3.24. The van der Waals surface area contributed by atoms with Crippen LogP contribution in [0, 0.1) is 19.3 Å². The Balaban J connectivity index is 1.46. The molecule has 36 heavy (non-hydrogen) atoms. The summed E-state index contributed by atoms with van der Waals surface area (Å²) in [4.78, 5) is 16.4. The maximum Gasteiger partial charge on any atom is 0.283 e. The van der Waals surface area contributed by atoms with Crippen LogP contribution in [0.1, 0.15) is 16.7 Å². The van der Waals surface area contributed by atoms with Crippen LogP contribution in [-0.4, -0.2) is 61.3 Å². The number of amides is 1. The number of ether oxygens (including phenoxy) is 3. The molecule has 0 atom stereocenters. The van der Waals surface area contributed by atoms with Crippen molar-refractivity contribution >= 4 is 49.0 Å². The highest BCUT2D eigenvalue weighted by Gasteiger charge is 2.38. The number of rotatable bonds is 7. The molecule has 12 heteroatoms. The summed E-state index contributed by atoms with van der Waals surface area (Å²) < 4.78 is 40.4. The van der Waals surface area contributed by atoms with Crippen molar-refractivity contribution in [3.05, 3.63) is 58.7 Å². The van der Waals surface area contributed by atoms with Crippen LogP contribution in [0.3, 0.4) is 0 Å². The first kappa shape index (κ1) is 25.5. The van der Waals surface area contributed by atoms with Gasteiger partial charge in [-0.3, -0.25) is 10.2 Å². The molecule has 0 saturated heterocycles. The minimum Gasteiger partial charge on any atom is -0.493 e. The molecule has 2 aliphatic heterocycles. The first-order valence-electron chi connectivity index (χ1n) is 10.8. The third kappa shape index (κ3) is 5.60. The van der Waals surface area contributed by atoms with E-state index in [1.165, 1.54) is 13.2 Å². The molecule has 0 unspecified atom stereocenters. The number of aliphatic imine (C=N–C) groups is 1. The number of nitrogens with zero attached hydrogens (tertiary/aromatic N) is 3. The first-order chi connectivity index (χ1) is 17.0. The van der Waals surface area contributed by atoms with Gasteiger partial charge in [0, 0.05) is 6.26 Å². The van der Waals surface area contributed by atoms with Gasteiger partial charge in [-0.15, -0.1) is 5.10 Å². The van der Waals surface area contributed by atoms with Gasteiger partial charge < -0.3 is 14.2 Å². The van der Waals surface area contributed by atoms with Crippen LogP contribution >= 0.6 is 11.8 Å². The number of hydrogen-bond acceptors (Lipinski definition) is 9. The van der Waals surface area contributed by atoms with Gasteiger partial charge in [-0.1, -0.05) is 12.1 Å². The Hall–Kier alpha value is -3.64. The fourth-order valence-electron chi connectivity index (χ4n) is 3.51. The minimum atomic E-state index is -3.60. The van der Waals surface area contributed by atoms with E-state index in [0.29, 0.717) is 23.7 Å². The number of hydrazone groups is 1. The summed E-state index contributed by atoms with van der Waals surface area (Å²) in [7, 11) is -2.10. The summed E-state index contributed by atoms with van der Waals surface area (Å²) in [5, 5.41) is 13.4. The molecule has 0 spiro atoms. The first-order valence-corrected chi connectivity index (χ1v) is 13.5. The minimum absolute atomic E-state index is 0.0320. The summed E-state index contributed by atoms with van der Waals surface area (Å²) in [5.74, 6) is 0.779. The lowest BCUT2D eigenvalue weighted by atomic mass is 10.1. The molecular weight excluding hydrogens is 504 g/mol. The summed E-state index contributed by atoms with van der Waals surface area (Å²) in [5.41, 5.74) is 2.77. The summed E-state index contributed by atoms with van der Waals surface area (Å²) in [6, 6.07) is 11.1. The second kappa shape index (κ2) is 10.2. The predicted octanol–water partition coefficient (Wildman–Crippen LogP) is 3.39. The van der Waals surface area contributed by atoms with Crippen LogP contribution < -0.4 is 14.2 Å². The highest BCUT2D eigenvalue weighted by molar-refractivity contribution is 8.42. The third-order valence-corrected chi connectivity index (χ3v) is 7.63. The van der Waals surface area contributed by atoms with Crippen molar-refractivity contribution < 1.29 is 27.4 Å². The number of amidine groups is 2. The van der Waals surface area contributed by atoms with Crippen molar-refractivity contribution in [2.75, 3.05) is 26.6 Å². The van der Waals surface area contributed by atoms with Crippen LogP contribution in [0.15, 0.2) is 52.1 Å². The third-order valence-electron chi connectivity index (χ3n) is 5.06. The van der Waals surface area contributed by atoms with E-state index in [0.717, 1.165) is 39.9 Å². The molecule has 0 fully saturated rings. The molecule has 0 bridgehead atoms. The number of carbonyl (C=O) groups excluding carboxylic acids is 1. The standard InChI is InChI=1S/C24H24N4O6S2/c1-14-9-15(2)11-17(10-14)33-7-8-34-19-6-5-16(13-20(19)32-3)12-18-21(25)28-23(26-22(18)29)35-24(27-28)36(4,30)31/h5-6,9-13,25H,7-8H2,1-4H3/b18-12+,25-21?. The molecule has 2 heterocycles.